The molecule has 1 saturated heterocycles. The van der Waals surface area contributed by atoms with Crippen LogP contribution in [0.4, 0.5) is 0 Å². The van der Waals surface area contributed by atoms with Crippen LogP contribution >= 0.6 is 24.0 Å². The molecule has 2 aromatic rings. The van der Waals surface area contributed by atoms with Gasteiger partial charge >= 0.3 is 0 Å². The number of halogens is 1. The van der Waals surface area contributed by atoms with Crippen LogP contribution in [0.1, 0.15) is 37.4 Å². The number of nitrogens with zero attached hydrogens (tertiary/aromatic N) is 3. The standard InChI is InChI=1S/C23H33N5.HI/c1-2-24-23(26-16-14-21-12-6-8-15-25-21)27-18-22-13-7-9-17-28(22)19-20-10-4-3-5-11-20;/h3-6,8,10-12,15,22H,2,7,9,13-14,16-19H2,1H3,(H2,24,26,27);1H. The molecule has 0 amide bonds. The summed E-state index contributed by atoms with van der Waals surface area (Å²) in [5.74, 6) is 0.906. The highest BCUT2D eigenvalue weighted by Gasteiger charge is 2.22. The summed E-state index contributed by atoms with van der Waals surface area (Å²) in [7, 11) is 0. The van der Waals surface area contributed by atoms with Gasteiger partial charge in [0.15, 0.2) is 5.96 Å². The average molecular weight is 507 g/mol. The molecule has 2 N–H and O–H groups in total. The molecule has 1 atom stereocenters. The number of guanidine groups is 1. The van der Waals surface area contributed by atoms with Crippen molar-refractivity contribution in [3.8, 4) is 0 Å². The Morgan fingerprint density at radius 3 is 2.69 bits per heavy atom. The van der Waals surface area contributed by atoms with E-state index in [1.54, 1.807) is 0 Å². The Kier molecular flexibility index (Phi) is 11.0. The van der Waals surface area contributed by atoms with Crippen molar-refractivity contribution >= 4 is 29.9 Å². The van der Waals surface area contributed by atoms with E-state index in [9.17, 15) is 0 Å². The number of nitrogens with one attached hydrogen (secondary N) is 2. The quantitative estimate of drug-likeness (QED) is 0.324. The molecular formula is C23H34IN5. The molecule has 1 aromatic heterocycles. The van der Waals surface area contributed by atoms with Crippen LogP contribution in [-0.2, 0) is 13.0 Å². The van der Waals surface area contributed by atoms with Gasteiger partial charge in [-0.1, -0.05) is 42.8 Å². The molecule has 1 unspecified atom stereocenters. The summed E-state index contributed by atoms with van der Waals surface area (Å²) < 4.78 is 0. The van der Waals surface area contributed by atoms with Crippen LogP contribution in [0.25, 0.3) is 0 Å². The highest BCUT2D eigenvalue weighted by atomic mass is 127. The average Bonchev–Trinajstić information content (AvgIpc) is 2.74. The van der Waals surface area contributed by atoms with Crippen molar-refractivity contribution in [1.29, 1.82) is 0 Å². The second kappa shape index (κ2) is 13.5. The lowest BCUT2D eigenvalue weighted by Crippen LogP contribution is -2.43. The van der Waals surface area contributed by atoms with Crippen molar-refractivity contribution in [2.45, 2.75) is 45.2 Å². The topological polar surface area (TPSA) is 52.6 Å². The van der Waals surface area contributed by atoms with Gasteiger partial charge < -0.3 is 10.6 Å². The maximum Gasteiger partial charge on any atom is 0.191 e. The second-order valence-corrected chi connectivity index (χ2v) is 7.32. The third kappa shape index (κ3) is 8.30. The predicted octanol–water partition coefficient (Wildman–Crippen LogP) is 3.85. The monoisotopic (exact) mass is 507 g/mol. The zero-order valence-electron chi connectivity index (χ0n) is 17.4. The third-order valence-electron chi connectivity index (χ3n) is 5.18. The molecule has 1 aromatic carbocycles. The number of likely N-dealkylation sites (tertiary alicyclic amines) is 1. The minimum atomic E-state index is 0. The van der Waals surface area contributed by atoms with E-state index in [4.69, 9.17) is 4.99 Å². The molecule has 6 heteroatoms. The lowest BCUT2D eigenvalue weighted by Gasteiger charge is -2.35. The normalized spacial score (nSPS) is 17.4. The first-order valence-corrected chi connectivity index (χ1v) is 10.5. The zero-order chi connectivity index (χ0) is 19.4. The Balaban J connectivity index is 0.00000300. The third-order valence-corrected chi connectivity index (χ3v) is 5.18. The number of hydrogen-bond acceptors (Lipinski definition) is 3. The first-order chi connectivity index (χ1) is 13.8. The van der Waals surface area contributed by atoms with E-state index >= 15 is 0 Å². The van der Waals surface area contributed by atoms with Gasteiger partial charge in [-0.15, -0.1) is 24.0 Å². The molecule has 0 aliphatic carbocycles. The van der Waals surface area contributed by atoms with Crippen LogP contribution in [0.15, 0.2) is 59.7 Å². The van der Waals surface area contributed by atoms with Crippen molar-refractivity contribution in [3.63, 3.8) is 0 Å². The maximum absolute atomic E-state index is 4.89. The molecule has 0 saturated carbocycles. The molecule has 1 aliphatic rings. The van der Waals surface area contributed by atoms with Gasteiger partial charge in [0.2, 0.25) is 0 Å². The number of aliphatic imine (C=N–C) groups is 1. The first kappa shape index (κ1) is 23.6. The Morgan fingerprint density at radius 1 is 1.10 bits per heavy atom. The molecule has 2 heterocycles. The van der Waals surface area contributed by atoms with Crippen molar-refractivity contribution in [2.24, 2.45) is 4.99 Å². The minimum absolute atomic E-state index is 0. The minimum Gasteiger partial charge on any atom is -0.357 e. The van der Waals surface area contributed by atoms with Gasteiger partial charge in [0.05, 0.1) is 6.54 Å². The fourth-order valence-electron chi connectivity index (χ4n) is 3.69. The van der Waals surface area contributed by atoms with Gasteiger partial charge in [-0.2, -0.15) is 0 Å². The fourth-order valence-corrected chi connectivity index (χ4v) is 3.69. The smallest absolute Gasteiger partial charge is 0.191 e. The maximum atomic E-state index is 4.89. The van der Waals surface area contributed by atoms with Crippen LogP contribution in [0.2, 0.25) is 0 Å². The van der Waals surface area contributed by atoms with E-state index in [-0.39, 0.29) is 24.0 Å². The van der Waals surface area contributed by atoms with Crippen LogP contribution in [0.5, 0.6) is 0 Å². The van der Waals surface area contributed by atoms with Crippen LogP contribution in [-0.4, -0.2) is 48.1 Å². The number of benzene rings is 1. The number of hydrogen-bond donors (Lipinski definition) is 2. The molecule has 3 rings (SSSR count). The molecule has 29 heavy (non-hydrogen) atoms. The van der Waals surface area contributed by atoms with Gasteiger partial charge in [-0.3, -0.25) is 14.9 Å². The van der Waals surface area contributed by atoms with E-state index in [1.807, 2.05) is 18.3 Å². The SMILES string of the molecule is CCNC(=NCC1CCCCN1Cc1ccccc1)NCCc1ccccn1.I. The summed E-state index contributed by atoms with van der Waals surface area (Å²) in [6.07, 6.45) is 6.56. The highest BCUT2D eigenvalue weighted by Crippen LogP contribution is 2.20. The molecule has 0 spiro atoms. The van der Waals surface area contributed by atoms with Gasteiger partial charge in [0, 0.05) is 44.0 Å². The summed E-state index contributed by atoms with van der Waals surface area (Å²) in [4.78, 5) is 11.9. The molecule has 1 aliphatic heterocycles. The van der Waals surface area contributed by atoms with Crippen LogP contribution < -0.4 is 10.6 Å². The van der Waals surface area contributed by atoms with Gasteiger partial charge in [-0.25, -0.2) is 0 Å². The lowest BCUT2D eigenvalue weighted by molar-refractivity contribution is 0.145. The number of rotatable bonds is 8. The zero-order valence-corrected chi connectivity index (χ0v) is 19.7. The van der Waals surface area contributed by atoms with Crippen molar-refractivity contribution in [3.05, 3.63) is 66.0 Å². The fraction of sp³-hybridized carbons (Fsp3) is 0.478. The molecule has 5 nitrogen and oxygen atoms in total. The van der Waals surface area contributed by atoms with E-state index in [2.05, 4.69) is 63.8 Å². The van der Waals surface area contributed by atoms with E-state index in [1.165, 1.54) is 31.4 Å². The number of aromatic nitrogens is 1. The molecular weight excluding hydrogens is 473 g/mol. The second-order valence-electron chi connectivity index (χ2n) is 7.32. The summed E-state index contributed by atoms with van der Waals surface area (Å²) in [5, 5.41) is 6.83. The Bertz CT molecular complexity index is 708. The van der Waals surface area contributed by atoms with E-state index < -0.39 is 0 Å². The van der Waals surface area contributed by atoms with E-state index in [0.717, 1.165) is 44.3 Å². The molecule has 158 valence electrons. The Hall–Kier alpha value is -1.67. The van der Waals surface area contributed by atoms with Gasteiger partial charge in [-0.05, 0) is 44.0 Å². The number of piperidine rings is 1. The predicted molar refractivity (Wildman–Crippen MR) is 132 cm³/mol. The highest BCUT2D eigenvalue weighted by molar-refractivity contribution is 14.0. The first-order valence-electron chi connectivity index (χ1n) is 10.5. The van der Waals surface area contributed by atoms with Crippen molar-refractivity contribution < 1.29 is 0 Å². The van der Waals surface area contributed by atoms with Crippen molar-refractivity contribution in [2.75, 3.05) is 26.2 Å². The summed E-state index contributed by atoms with van der Waals surface area (Å²) in [6.45, 7) is 6.84. The summed E-state index contributed by atoms with van der Waals surface area (Å²) >= 11 is 0. The molecule has 0 radical (unpaired) electrons. The summed E-state index contributed by atoms with van der Waals surface area (Å²) in [6, 6.07) is 17.3. The number of pyridine rings is 1. The van der Waals surface area contributed by atoms with E-state index in [0.29, 0.717) is 6.04 Å². The largest absolute Gasteiger partial charge is 0.357 e. The summed E-state index contributed by atoms with van der Waals surface area (Å²) in [5.41, 5.74) is 2.49. The molecule has 0 bridgehead atoms. The Labute approximate surface area is 192 Å². The molecule has 1 fully saturated rings. The lowest BCUT2D eigenvalue weighted by atomic mass is 10.0. The Morgan fingerprint density at radius 2 is 1.93 bits per heavy atom. The van der Waals surface area contributed by atoms with Crippen LogP contribution in [0.3, 0.4) is 0 Å². The van der Waals surface area contributed by atoms with Gasteiger partial charge in [0.25, 0.3) is 0 Å². The van der Waals surface area contributed by atoms with Gasteiger partial charge in [0.1, 0.15) is 0 Å². The van der Waals surface area contributed by atoms with Crippen molar-refractivity contribution in [1.82, 2.24) is 20.5 Å². The van der Waals surface area contributed by atoms with Crippen LogP contribution in [0, 0.1) is 0 Å².